The largest absolute Gasteiger partial charge is 0.481 e. The van der Waals surface area contributed by atoms with E-state index in [2.05, 4.69) is 10.3 Å². The van der Waals surface area contributed by atoms with E-state index in [-0.39, 0.29) is 12.2 Å². The predicted molar refractivity (Wildman–Crippen MR) is 60.9 cm³/mol. The van der Waals surface area contributed by atoms with Crippen molar-refractivity contribution >= 4 is 12.1 Å². The lowest BCUT2D eigenvalue weighted by atomic mass is 10.1. The fourth-order valence-corrected chi connectivity index (χ4v) is 1.24. The summed E-state index contributed by atoms with van der Waals surface area (Å²) in [6.45, 7) is 5.15. The molecule has 0 unspecified atom stereocenters. The standard InChI is InChI=1S/C11H16N2O5/c1-11(2,3)18-10(16)13-7(4-9(14)15)8-5-12-6-17-8/h5-7H,4H2,1-3H3,(H,13,16)(H,14,15)/t7-/m0/s1. The highest BCUT2D eigenvalue weighted by Crippen LogP contribution is 2.17. The number of hydrogen-bond acceptors (Lipinski definition) is 5. The number of oxazole rings is 1. The summed E-state index contributed by atoms with van der Waals surface area (Å²) < 4.78 is 10.0. The fourth-order valence-electron chi connectivity index (χ4n) is 1.24. The van der Waals surface area contributed by atoms with Gasteiger partial charge in [0.1, 0.15) is 17.4 Å². The summed E-state index contributed by atoms with van der Waals surface area (Å²) in [4.78, 5) is 26.0. The molecule has 2 N–H and O–H groups in total. The van der Waals surface area contributed by atoms with E-state index in [4.69, 9.17) is 14.3 Å². The van der Waals surface area contributed by atoms with Crippen LogP contribution < -0.4 is 5.32 Å². The molecule has 7 heteroatoms. The Kier molecular flexibility index (Phi) is 4.30. The summed E-state index contributed by atoms with van der Waals surface area (Å²) >= 11 is 0. The molecule has 100 valence electrons. The van der Waals surface area contributed by atoms with Crippen LogP contribution in [0, 0.1) is 0 Å². The maximum atomic E-state index is 11.6. The molecule has 0 saturated heterocycles. The molecule has 0 saturated carbocycles. The van der Waals surface area contributed by atoms with Crippen LogP contribution in [0.25, 0.3) is 0 Å². The Morgan fingerprint density at radius 2 is 2.22 bits per heavy atom. The molecule has 1 heterocycles. The lowest BCUT2D eigenvalue weighted by Crippen LogP contribution is -2.35. The number of aromatic nitrogens is 1. The third kappa shape index (κ3) is 4.86. The van der Waals surface area contributed by atoms with Crippen molar-refractivity contribution in [2.24, 2.45) is 0 Å². The number of rotatable bonds is 4. The molecular formula is C11H16N2O5. The molecular weight excluding hydrogens is 240 g/mol. The van der Waals surface area contributed by atoms with Crippen molar-refractivity contribution < 1.29 is 23.8 Å². The van der Waals surface area contributed by atoms with Gasteiger partial charge in [0.05, 0.1) is 12.6 Å². The van der Waals surface area contributed by atoms with E-state index in [1.165, 1.54) is 12.6 Å². The van der Waals surface area contributed by atoms with E-state index < -0.39 is 23.7 Å². The zero-order chi connectivity index (χ0) is 13.8. The van der Waals surface area contributed by atoms with Crippen LogP contribution in [0.2, 0.25) is 0 Å². The monoisotopic (exact) mass is 256 g/mol. The van der Waals surface area contributed by atoms with Gasteiger partial charge in [-0.2, -0.15) is 0 Å². The Labute approximate surface area is 104 Å². The first-order valence-corrected chi connectivity index (χ1v) is 5.37. The average Bonchev–Trinajstić information content (AvgIpc) is 2.64. The molecule has 0 aromatic carbocycles. The third-order valence-electron chi connectivity index (χ3n) is 1.86. The van der Waals surface area contributed by atoms with Gasteiger partial charge in [0.2, 0.25) is 0 Å². The molecule has 18 heavy (non-hydrogen) atoms. The fraction of sp³-hybridized carbons (Fsp3) is 0.545. The van der Waals surface area contributed by atoms with Crippen LogP contribution in [-0.2, 0) is 9.53 Å². The molecule has 1 amide bonds. The Balaban J connectivity index is 2.68. The van der Waals surface area contributed by atoms with E-state index >= 15 is 0 Å². The van der Waals surface area contributed by atoms with Crippen LogP contribution in [0.1, 0.15) is 39.0 Å². The van der Waals surface area contributed by atoms with Gasteiger partial charge < -0.3 is 19.6 Å². The topological polar surface area (TPSA) is 102 Å². The predicted octanol–water partition coefficient (Wildman–Crippen LogP) is 1.72. The highest BCUT2D eigenvalue weighted by atomic mass is 16.6. The van der Waals surface area contributed by atoms with Gasteiger partial charge in [0.15, 0.2) is 6.39 Å². The first-order valence-electron chi connectivity index (χ1n) is 5.37. The second kappa shape index (κ2) is 5.52. The zero-order valence-electron chi connectivity index (χ0n) is 10.5. The molecule has 7 nitrogen and oxygen atoms in total. The van der Waals surface area contributed by atoms with Gasteiger partial charge in [-0.1, -0.05) is 0 Å². The van der Waals surface area contributed by atoms with Crippen molar-refractivity contribution in [2.75, 3.05) is 0 Å². The third-order valence-corrected chi connectivity index (χ3v) is 1.86. The van der Waals surface area contributed by atoms with E-state index in [9.17, 15) is 9.59 Å². The van der Waals surface area contributed by atoms with E-state index in [0.29, 0.717) is 0 Å². The molecule has 0 aliphatic rings. The number of carboxylic acids is 1. The van der Waals surface area contributed by atoms with Crippen molar-refractivity contribution in [1.29, 1.82) is 0 Å². The molecule has 1 rings (SSSR count). The average molecular weight is 256 g/mol. The Bertz CT molecular complexity index is 408. The van der Waals surface area contributed by atoms with Gasteiger partial charge in [0, 0.05) is 0 Å². The molecule has 1 atom stereocenters. The minimum Gasteiger partial charge on any atom is -0.481 e. The van der Waals surface area contributed by atoms with Crippen LogP contribution in [0.3, 0.4) is 0 Å². The molecule has 1 aromatic heterocycles. The number of amides is 1. The van der Waals surface area contributed by atoms with Crippen molar-refractivity contribution in [3.8, 4) is 0 Å². The quantitative estimate of drug-likeness (QED) is 0.850. The highest BCUT2D eigenvalue weighted by molar-refractivity contribution is 5.71. The molecule has 0 spiro atoms. The summed E-state index contributed by atoms with van der Waals surface area (Å²) in [6.07, 6.45) is 1.51. The minimum atomic E-state index is -1.06. The smallest absolute Gasteiger partial charge is 0.408 e. The van der Waals surface area contributed by atoms with E-state index in [1.807, 2.05) is 0 Å². The summed E-state index contributed by atoms with van der Waals surface area (Å²) in [5, 5.41) is 11.2. The molecule has 0 radical (unpaired) electrons. The second-order valence-corrected chi connectivity index (χ2v) is 4.70. The molecule has 1 aromatic rings. The molecule has 0 fully saturated rings. The molecule has 0 aliphatic heterocycles. The number of carbonyl (C=O) groups is 2. The number of hydrogen-bond donors (Lipinski definition) is 2. The van der Waals surface area contributed by atoms with Crippen molar-refractivity contribution in [3.63, 3.8) is 0 Å². The Morgan fingerprint density at radius 1 is 1.56 bits per heavy atom. The number of nitrogens with one attached hydrogen (secondary N) is 1. The number of carbonyl (C=O) groups excluding carboxylic acids is 1. The number of ether oxygens (including phenoxy) is 1. The Morgan fingerprint density at radius 3 is 2.67 bits per heavy atom. The second-order valence-electron chi connectivity index (χ2n) is 4.70. The van der Waals surface area contributed by atoms with Gasteiger partial charge in [-0.25, -0.2) is 9.78 Å². The number of nitrogens with zero attached hydrogens (tertiary/aromatic N) is 1. The summed E-state index contributed by atoms with van der Waals surface area (Å²) in [5.74, 6) is -0.796. The first kappa shape index (κ1) is 14.0. The van der Waals surface area contributed by atoms with Gasteiger partial charge in [0.25, 0.3) is 0 Å². The first-order chi connectivity index (χ1) is 8.28. The van der Waals surface area contributed by atoms with Crippen LogP contribution in [0.15, 0.2) is 17.0 Å². The zero-order valence-corrected chi connectivity index (χ0v) is 10.5. The maximum absolute atomic E-state index is 11.6. The van der Waals surface area contributed by atoms with Crippen molar-refractivity contribution in [3.05, 3.63) is 18.4 Å². The van der Waals surface area contributed by atoms with E-state index in [1.54, 1.807) is 20.8 Å². The van der Waals surface area contributed by atoms with Crippen LogP contribution in [0.4, 0.5) is 4.79 Å². The SMILES string of the molecule is CC(C)(C)OC(=O)N[C@@H](CC(=O)O)c1cnco1. The molecule has 0 bridgehead atoms. The summed E-state index contributed by atoms with van der Waals surface area (Å²) in [7, 11) is 0. The van der Waals surface area contributed by atoms with Crippen molar-refractivity contribution in [1.82, 2.24) is 10.3 Å². The lowest BCUT2D eigenvalue weighted by Gasteiger charge is -2.22. The van der Waals surface area contributed by atoms with Gasteiger partial charge in [-0.05, 0) is 20.8 Å². The summed E-state index contributed by atoms with van der Waals surface area (Å²) in [5.41, 5.74) is -0.654. The molecule has 0 aliphatic carbocycles. The minimum absolute atomic E-state index is 0.267. The number of alkyl carbamates (subject to hydrolysis) is 1. The highest BCUT2D eigenvalue weighted by Gasteiger charge is 2.24. The van der Waals surface area contributed by atoms with Gasteiger partial charge in [-0.3, -0.25) is 4.79 Å². The lowest BCUT2D eigenvalue weighted by molar-refractivity contribution is -0.137. The summed E-state index contributed by atoms with van der Waals surface area (Å²) in [6, 6.07) is -0.806. The van der Waals surface area contributed by atoms with Crippen LogP contribution >= 0.6 is 0 Å². The van der Waals surface area contributed by atoms with Crippen LogP contribution in [0.5, 0.6) is 0 Å². The number of carboxylic acid groups (broad SMARTS) is 1. The van der Waals surface area contributed by atoms with Gasteiger partial charge >= 0.3 is 12.1 Å². The van der Waals surface area contributed by atoms with Gasteiger partial charge in [-0.15, -0.1) is 0 Å². The maximum Gasteiger partial charge on any atom is 0.408 e. The van der Waals surface area contributed by atoms with Crippen LogP contribution in [-0.4, -0.2) is 27.8 Å². The van der Waals surface area contributed by atoms with E-state index in [0.717, 1.165) is 0 Å². The normalized spacial score (nSPS) is 12.8. The Hall–Kier alpha value is -2.05. The van der Waals surface area contributed by atoms with Crippen molar-refractivity contribution in [2.45, 2.75) is 38.8 Å². The number of aliphatic carboxylic acids is 1.